The average Bonchev–Trinajstić information content (AvgIpc) is 2.65. The van der Waals surface area contributed by atoms with E-state index in [1.807, 2.05) is 0 Å². The minimum Gasteiger partial charge on any atom is -0.370 e. The van der Waals surface area contributed by atoms with Crippen LogP contribution in [0.15, 0.2) is 0 Å². The fourth-order valence-corrected chi connectivity index (χ4v) is 4.87. The SMILES string of the molecule is CCCCCCCCCCCCCCCCCCC(CC(N)=O)(C(N)=O)S(=O)(=O)O.[Na].[Na]. The Balaban J connectivity index is -0.00000420. The molecule has 32 heavy (non-hydrogen) atoms. The maximum atomic E-state index is 11.7. The Morgan fingerprint density at radius 3 is 1.25 bits per heavy atom. The van der Waals surface area contributed by atoms with E-state index in [-0.39, 0.29) is 65.5 Å². The van der Waals surface area contributed by atoms with Crippen LogP contribution in [0.2, 0.25) is 0 Å². The van der Waals surface area contributed by atoms with Crippen LogP contribution < -0.4 is 11.5 Å². The fourth-order valence-electron chi connectivity index (χ4n) is 3.89. The predicted molar refractivity (Wildman–Crippen MR) is 133 cm³/mol. The van der Waals surface area contributed by atoms with E-state index in [9.17, 15) is 22.6 Å². The van der Waals surface area contributed by atoms with Gasteiger partial charge in [0.25, 0.3) is 10.1 Å². The average molecular weight is 495 g/mol. The molecular formula is C22H44N2Na2O5S. The Labute approximate surface area is 240 Å². The van der Waals surface area contributed by atoms with Crippen molar-refractivity contribution in [2.45, 2.75) is 127 Å². The van der Waals surface area contributed by atoms with Crippen LogP contribution >= 0.6 is 0 Å². The van der Waals surface area contributed by atoms with Crippen molar-refractivity contribution in [3.8, 4) is 0 Å². The van der Waals surface area contributed by atoms with E-state index >= 15 is 0 Å². The summed E-state index contributed by atoms with van der Waals surface area (Å²) in [6.07, 6.45) is 17.7. The largest absolute Gasteiger partial charge is 0.370 e. The van der Waals surface area contributed by atoms with E-state index in [1.54, 1.807) is 0 Å². The summed E-state index contributed by atoms with van der Waals surface area (Å²) >= 11 is 0. The van der Waals surface area contributed by atoms with Crippen LogP contribution in [-0.2, 0) is 19.7 Å². The molecule has 0 rings (SSSR count). The number of unbranched alkanes of at least 4 members (excludes halogenated alkanes) is 15. The van der Waals surface area contributed by atoms with Gasteiger partial charge in [0.2, 0.25) is 11.8 Å². The Hall–Kier alpha value is 0.850. The molecule has 2 amide bonds. The summed E-state index contributed by atoms with van der Waals surface area (Å²) in [6, 6.07) is 0. The maximum absolute atomic E-state index is 11.7. The van der Waals surface area contributed by atoms with Crippen LogP contribution in [0.4, 0.5) is 0 Å². The Bertz CT molecular complexity index is 591. The second-order valence-corrected chi connectivity index (χ2v) is 10.3. The van der Waals surface area contributed by atoms with Gasteiger partial charge in [-0.25, -0.2) is 0 Å². The molecule has 7 nitrogen and oxygen atoms in total. The van der Waals surface area contributed by atoms with Gasteiger partial charge in [0.1, 0.15) is 0 Å². The number of hydrogen-bond donors (Lipinski definition) is 3. The molecule has 0 aliphatic rings. The third-order valence-electron chi connectivity index (χ3n) is 5.84. The van der Waals surface area contributed by atoms with Gasteiger partial charge in [-0.2, -0.15) is 8.42 Å². The summed E-state index contributed by atoms with van der Waals surface area (Å²) < 4.78 is 30.5. The molecule has 0 spiro atoms. The van der Waals surface area contributed by atoms with Crippen molar-refractivity contribution < 1.29 is 22.6 Å². The summed E-state index contributed by atoms with van der Waals surface area (Å²) in [5, 5.41) is 0. The van der Waals surface area contributed by atoms with Crippen molar-refractivity contribution in [2.75, 3.05) is 0 Å². The molecule has 10 heteroatoms. The first-order chi connectivity index (χ1) is 14.2. The zero-order valence-corrected chi connectivity index (χ0v) is 25.7. The van der Waals surface area contributed by atoms with Crippen LogP contribution in [0.5, 0.6) is 0 Å². The van der Waals surface area contributed by atoms with Crippen molar-refractivity contribution in [3.63, 3.8) is 0 Å². The summed E-state index contributed by atoms with van der Waals surface area (Å²) in [7, 11) is -4.82. The minimum absolute atomic E-state index is 0. The Morgan fingerprint density at radius 2 is 1.00 bits per heavy atom. The molecule has 0 aliphatic carbocycles. The number of carbonyl (C=O) groups excluding carboxylic acids is 2. The molecule has 2 radical (unpaired) electrons. The van der Waals surface area contributed by atoms with Crippen molar-refractivity contribution in [3.05, 3.63) is 0 Å². The molecule has 1 atom stereocenters. The van der Waals surface area contributed by atoms with E-state index in [4.69, 9.17) is 11.5 Å². The smallest absolute Gasteiger partial charge is 0.280 e. The van der Waals surface area contributed by atoms with Crippen molar-refractivity contribution in [2.24, 2.45) is 11.5 Å². The van der Waals surface area contributed by atoms with Gasteiger partial charge in [0.15, 0.2) is 4.75 Å². The second kappa shape index (κ2) is 22.3. The molecule has 0 aliphatic heterocycles. The van der Waals surface area contributed by atoms with Crippen LogP contribution in [0.25, 0.3) is 0 Å². The Morgan fingerprint density at radius 1 is 0.688 bits per heavy atom. The Kier molecular flexibility index (Phi) is 26.1. The number of hydrogen-bond acceptors (Lipinski definition) is 4. The van der Waals surface area contributed by atoms with Gasteiger partial charge in [-0.1, -0.05) is 110 Å². The van der Waals surface area contributed by atoms with Gasteiger partial charge in [-0.3, -0.25) is 14.1 Å². The van der Waals surface area contributed by atoms with E-state index in [2.05, 4.69) is 6.92 Å². The molecule has 0 heterocycles. The van der Waals surface area contributed by atoms with Gasteiger partial charge in [0, 0.05) is 59.1 Å². The normalized spacial score (nSPS) is 12.9. The number of carbonyl (C=O) groups is 2. The van der Waals surface area contributed by atoms with Crippen molar-refractivity contribution >= 4 is 81.0 Å². The van der Waals surface area contributed by atoms with E-state index < -0.39 is 33.1 Å². The molecule has 0 saturated heterocycles. The zero-order valence-electron chi connectivity index (χ0n) is 20.9. The van der Waals surface area contributed by atoms with Gasteiger partial charge in [0.05, 0.1) is 6.42 Å². The monoisotopic (exact) mass is 494 g/mol. The van der Waals surface area contributed by atoms with Crippen molar-refractivity contribution in [1.82, 2.24) is 0 Å². The number of rotatable bonds is 21. The van der Waals surface area contributed by atoms with Crippen LogP contribution in [-0.4, -0.2) is 88.6 Å². The standard InChI is InChI=1S/C22H44N2O5S.2Na/c1-2-3-4-5-6-7-8-9-10-11-12-13-14-15-16-17-18-22(21(24)26,19-20(23)25)30(27,28)29;;/h2-19H2,1H3,(H2,23,25)(H2,24,26)(H,27,28,29);;. The van der Waals surface area contributed by atoms with E-state index in [0.29, 0.717) is 12.8 Å². The van der Waals surface area contributed by atoms with Gasteiger partial charge in [-0.15, -0.1) is 0 Å². The first-order valence-corrected chi connectivity index (χ1v) is 13.2. The first kappa shape index (κ1) is 37.4. The molecule has 0 aromatic heterocycles. The fraction of sp³-hybridized carbons (Fsp3) is 0.909. The van der Waals surface area contributed by atoms with Crippen LogP contribution in [0, 0.1) is 0 Å². The third-order valence-corrected chi connectivity index (χ3v) is 7.37. The maximum Gasteiger partial charge on any atom is 0.280 e. The molecule has 0 aromatic carbocycles. The summed E-state index contributed by atoms with van der Waals surface area (Å²) in [6.45, 7) is 2.24. The van der Waals surface area contributed by atoms with Crippen molar-refractivity contribution in [1.29, 1.82) is 0 Å². The predicted octanol–water partition coefficient (Wildman–Crippen LogP) is 3.86. The topological polar surface area (TPSA) is 141 Å². The van der Waals surface area contributed by atoms with Gasteiger partial charge >= 0.3 is 0 Å². The molecule has 0 aromatic rings. The summed E-state index contributed by atoms with van der Waals surface area (Å²) in [5.41, 5.74) is 10.2. The molecular weight excluding hydrogens is 450 g/mol. The third kappa shape index (κ3) is 17.3. The molecule has 1 unspecified atom stereocenters. The zero-order chi connectivity index (χ0) is 22.9. The molecule has 0 bridgehead atoms. The van der Waals surface area contributed by atoms with E-state index in [1.165, 1.54) is 70.6 Å². The number of amides is 2. The van der Waals surface area contributed by atoms with Crippen LogP contribution in [0.1, 0.15) is 122 Å². The van der Waals surface area contributed by atoms with Gasteiger partial charge < -0.3 is 11.5 Å². The minimum atomic E-state index is -4.82. The molecule has 5 N–H and O–H groups in total. The quantitative estimate of drug-likeness (QED) is 0.126. The molecule has 180 valence electrons. The first-order valence-electron chi connectivity index (χ1n) is 11.7. The van der Waals surface area contributed by atoms with Crippen LogP contribution in [0.3, 0.4) is 0 Å². The van der Waals surface area contributed by atoms with E-state index in [0.717, 1.165) is 19.3 Å². The number of nitrogens with two attached hydrogens (primary N) is 2. The molecule has 0 saturated carbocycles. The number of primary amides is 2. The summed E-state index contributed by atoms with van der Waals surface area (Å²) in [5.74, 6) is -2.22. The van der Waals surface area contributed by atoms with Gasteiger partial charge in [-0.05, 0) is 6.42 Å². The second-order valence-electron chi connectivity index (χ2n) is 8.53. The molecule has 0 fully saturated rings. The summed E-state index contributed by atoms with van der Waals surface area (Å²) in [4.78, 5) is 22.8.